The zero-order chi connectivity index (χ0) is 16.2. The highest BCUT2D eigenvalue weighted by molar-refractivity contribution is 5.76. The molecule has 0 aromatic carbocycles. The van der Waals surface area contributed by atoms with Crippen molar-refractivity contribution in [1.82, 2.24) is 24.8 Å². The summed E-state index contributed by atoms with van der Waals surface area (Å²) in [6.07, 6.45) is 11.3. The standard InChI is InChI=1S/C17H27N5O/c1-20(2)12-15-13-22(19-18-15)16-7-9-21(10-8-16)17(23)11-14-5-3-4-6-14/h3,5,13-14,16H,4,6-12H2,1-2H3/t14-/m1/s1. The molecule has 6 nitrogen and oxygen atoms in total. The van der Waals surface area contributed by atoms with Gasteiger partial charge in [0, 0.05) is 26.1 Å². The van der Waals surface area contributed by atoms with E-state index < -0.39 is 0 Å². The molecule has 1 fully saturated rings. The van der Waals surface area contributed by atoms with Crippen LogP contribution in [0.25, 0.3) is 0 Å². The summed E-state index contributed by atoms with van der Waals surface area (Å²) in [4.78, 5) is 16.5. The van der Waals surface area contributed by atoms with Crippen molar-refractivity contribution in [3.8, 4) is 0 Å². The Bertz CT molecular complexity index is 557. The number of rotatable bonds is 5. The number of aromatic nitrogens is 3. The Hall–Kier alpha value is -1.69. The van der Waals surface area contributed by atoms with Gasteiger partial charge in [0.15, 0.2) is 0 Å². The van der Waals surface area contributed by atoms with Crippen molar-refractivity contribution < 1.29 is 4.79 Å². The van der Waals surface area contributed by atoms with Crippen molar-refractivity contribution in [1.29, 1.82) is 0 Å². The molecule has 1 aromatic rings. The van der Waals surface area contributed by atoms with E-state index in [1.165, 1.54) is 0 Å². The van der Waals surface area contributed by atoms with Gasteiger partial charge in [-0.25, -0.2) is 4.68 Å². The second-order valence-electron chi connectivity index (χ2n) is 7.01. The monoisotopic (exact) mass is 317 g/mol. The first-order valence-corrected chi connectivity index (χ1v) is 8.61. The Kier molecular flexibility index (Phi) is 5.10. The van der Waals surface area contributed by atoms with Crippen LogP contribution in [-0.4, -0.2) is 57.9 Å². The summed E-state index contributed by atoms with van der Waals surface area (Å²) in [5.41, 5.74) is 1.00. The number of amides is 1. The molecular weight excluding hydrogens is 290 g/mol. The van der Waals surface area contributed by atoms with Crippen LogP contribution < -0.4 is 0 Å². The Morgan fingerprint density at radius 1 is 1.30 bits per heavy atom. The molecule has 0 radical (unpaired) electrons. The fraction of sp³-hybridized carbons (Fsp3) is 0.706. The fourth-order valence-corrected chi connectivity index (χ4v) is 3.49. The highest BCUT2D eigenvalue weighted by Gasteiger charge is 2.26. The summed E-state index contributed by atoms with van der Waals surface area (Å²) in [5.74, 6) is 0.774. The van der Waals surface area contributed by atoms with Gasteiger partial charge in [-0.1, -0.05) is 17.4 Å². The Labute approximate surface area is 138 Å². The highest BCUT2D eigenvalue weighted by atomic mass is 16.2. The molecule has 2 aliphatic rings. The van der Waals surface area contributed by atoms with Crippen LogP contribution in [0.1, 0.15) is 43.8 Å². The zero-order valence-electron chi connectivity index (χ0n) is 14.2. The van der Waals surface area contributed by atoms with Gasteiger partial charge in [0.2, 0.25) is 5.91 Å². The summed E-state index contributed by atoms with van der Waals surface area (Å²) in [6, 6.07) is 0.369. The van der Waals surface area contributed by atoms with Gasteiger partial charge in [-0.15, -0.1) is 5.10 Å². The molecule has 3 rings (SSSR count). The van der Waals surface area contributed by atoms with Crippen LogP contribution >= 0.6 is 0 Å². The van der Waals surface area contributed by atoms with Crippen molar-refractivity contribution in [2.75, 3.05) is 27.2 Å². The molecule has 0 spiro atoms. The first kappa shape index (κ1) is 16.2. The van der Waals surface area contributed by atoms with Gasteiger partial charge in [0.25, 0.3) is 0 Å². The van der Waals surface area contributed by atoms with Gasteiger partial charge >= 0.3 is 0 Å². The number of allylic oxidation sites excluding steroid dienone is 2. The maximum Gasteiger partial charge on any atom is 0.223 e. The van der Waals surface area contributed by atoms with Crippen molar-refractivity contribution >= 4 is 5.91 Å². The number of carbonyl (C=O) groups is 1. The minimum absolute atomic E-state index is 0.312. The van der Waals surface area contributed by atoms with E-state index in [0.717, 1.165) is 51.0 Å². The Balaban J connectivity index is 1.48. The van der Waals surface area contributed by atoms with E-state index >= 15 is 0 Å². The summed E-state index contributed by atoms with van der Waals surface area (Å²) in [5, 5.41) is 8.51. The molecule has 1 aliphatic carbocycles. The van der Waals surface area contributed by atoms with Gasteiger partial charge < -0.3 is 9.80 Å². The third kappa shape index (κ3) is 4.19. The molecular formula is C17H27N5O. The minimum atomic E-state index is 0.312. The van der Waals surface area contributed by atoms with Crippen molar-refractivity contribution in [3.05, 3.63) is 24.0 Å². The Morgan fingerprint density at radius 2 is 2.09 bits per heavy atom. The van der Waals surface area contributed by atoms with E-state index in [-0.39, 0.29) is 0 Å². The first-order chi connectivity index (χ1) is 11.1. The van der Waals surface area contributed by atoms with Crippen molar-refractivity contribution in [2.45, 2.75) is 44.7 Å². The van der Waals surface area contributed by atoms with Crippen LogP contribution in [0, 0.1) is 5.92 Å². The van der Waals surface area contributed by atoms with Crippen LogP contribution in [0.3, 0.4) is 0 Å². The second kappa shape index (κ2) is 7.25. The summed E-state index contributed by atoms with van der Waals surface area (Å²) in [7, 11) is 4.06. The third-order valence-corrected chi connectivity index (χ3v) is 4.78. The number of hydrogen-bond donors (Lipinski definition) is 0. The molecule has 1 aromatic heterocycles. The predicted molar refractivity (Wildman–Crippen MR) is 88.7 cm³/mol. The Morgan fingerprint density at radius 3 is 2.74 bits per heavy atom. The number of carbonyl (C=O) groups excluding carboxylic acids is 1. The molecule has 0 bridgehead atoms. The average molecular weight is 317 g/mol. The van der Waals surface area contributed by atoms with Gasteiger partial charge in [-0.3, -0.25) is 4.79 Å². The fourth-order valence-electron chi connectivity index (χ4n) is 3.49. The minimum Gasteiger partial charge on any atom is -0.343 e. The second-order valence-corrected chi connectivity index (χ2v) is 7.01. The zero-order valence-corrected chi connectivity index (χ0v) is 14.2. The summed E-state index contributed by atoms with van der Waals surface area (Å²) < 4.78 is 1.99. The number of piperidine rings is 1. The SMILES string of the molecule is CN(C)Cc1cn(C2CCN(C(=O)C[C@@H]3C=CCC3)CC2)nn1. The normalized spacial score (nSPS) is 22.2. The van der Waals surface area contributed by atoms with Crippen LogP contribution in [0.2, 0.25) is 0 Å². The molecule has 0 unspecified atom stereocenters. The number of hydrogen-bond acceptors (Lipinski definition) is 4. The van der Waals surface area contributed by atoms with Gasteiger partial charge in [-0.05, 0) is 45.7 Å². The number of nitrogens with zero attached hydrogens (tertiary/aromatic N) is 5. The van der Waals surface area contributed by atoms with Gasteiger partial charge in [0.1, 0.15) is 0 Å². The molecule has 1 amide bonds. The van der Waals surface area contributed by atoms with E-state index in [1.54, 1.807) is 0 Å². The largest absolute Gasteiger partial charge is 0.343 e. The van der Waals surface area contributed by atoms with Crippen LogP contribution in [-0.2, 0) is 11.3 Å². The molecule has 2 heterocycles. The maximum absolute atomic E-state index is 12.4. The topological polar surface area (TPSA) is 54.3 Å². The van der Waals surface area contributed by atoms with E-state index in [2.05, 4.69) is 27.4 Å². The van der Waals surface area contributed by atoms with Crippen LogP contribution in [0.5, 0.6) is 0 Å². The van der Waals surface area contributed by atoms with E-state index in [4.69, 9.17) is 0 Å². The average Bonchev–Trinajstić information content (AvgIpc) is 3.19. The quantitative estimate of drug-likeness (QED) is 0.778. The summed E-state index contributed by atoms with van der Waals surface area (Å²) in [6.45, 7) is 2.48. The molecule has 1 aliphatic heterocycles. The smallest absolute Gasteiger partial charge is 0.223 e. The van der Waals surface area contributed by atoms with Gasteiger partial charge in [0.05, 0.1) is 17.9 Å². The molecule has 126 valence electrons. The molecule has 1 saturated heterocycles. The maximum atomic E-state index is 12.4. The van der Waals surface area contributed by atoms with Crippen LogP contribution in [0.4, 0.5) is 0 Å². The van der Waals surface area contributed by atoms with E-state index in [1.807, 2.05) is 29.9 Å². The predicted octanol–water partition coefficient (Wildman–Crippen LogP) is 1.86. The van der Waals surface area contributed by atoms with Crippen LogP contribution in [0.15, 0.2) is 18.3 Å². The molecule has 23 heavy (non-hydrogen) atoms. The lowest BCUT2D eigenvalue weighted by Crippen LogP contribution is -2.39. The molecule has 1 atom stereocenters. The molecule has 0 saturated carbocycles. The lowest BCUT2D eigenvalue weighted by molar-refractivity contribution is -0.133. The van der Waals surface area contributed by atoms with Crippen molar-refractivity contribution in [3.63, 3.8) is 0 Å². The highest BCUT2D eigenvalue weighted by Crippen LogP contribution is 2.25. The summed E-state index contributed by atoms with van der Waals surface area (Å²) >= 11 is 0. The van der Waals surface area contributed by atoms with Crippen molar-refractivity contribution in [2.24, 2.45) is 5.92 Å². The first-order valence-electron chi connectivity index (χ1n) is 8.61. The third-order valence-electron chi connectivity index (χ3n) is 4.78. The van der Waals surface area contributed by atoms with E-state index in [0.29, 0.717) is 24.3 Å². The number of likely N-dealkylation sites (tertiary alicyclic amines) is 1. The molecule has 0 N–H and O–H groups in total. The molecule has 6 heteroatoms. The lowest BCUT2D eigenvalue weighted by atomic mass is 10.0. The lowest BCUT2D eigenvalue weighted by Gasteiger charge is -2.32. The van der Waals surface area contributed by atoms with E-state index in [9.17, 15) is 4.79 Å². The van der Waals surface area contributed by atoms with Gasteiger partial charge in [-0.2, -0.15) is 0 Å².